The molecule has 1 N–H and O–H groups in total. The Morgan fingerprint density at radius 3 is 2.39 bits per heavy atom. The summed E-state index contributed by atoms with van der Waals surface area (Å²) < 4.78 is 17.9. The number of imidazole rings is 1. The highest BCUT2D eigenvalue weighted by Crippen LogP contribution is 2.34. The summed E-state index contributed by atoms with van der Waals surface area (Å²) in [6, 6.07) is 3.66. The van der Waals surface area contributed by atoms with Crippen LogP contribution in [0.4, 0.5) is 5.13 Å². The van der Waals surface area contributed by atoms with Gasteiger partial charge in [0.25, 0.3) is 0 Å². The lowest BCUT2D eigenvalue weighted by Gasteiger charge is -2.15. The minimum absolute atomic E-state index is 0.520. The topological polar surface area (TPSA) is 69.9 Å². The predicted molar refractivity (Wildman–Crippen MR) is 89.0 cm³/mol. The first kappa shape index (κ1) is 15.4. The first-order chi connectivity index (χ1) is 11.1. The van der Waals surface area contributed by atoms with Crippen LogP contribution in [-0.4, -0.2) is 35.9 Å². The Morgan fingerprint density at radius 2 is 1.83 bits per heavy atom. The molecule has 23 heavy (non-hydrogen) atoms. The molecule has 0 aliphatic carbocycles. The van der Waals surface area contributed by atoms with Gasteiger partial charge in [0.15, 0.2) is 0 Å². The fourth-order valence-electron chi connectivity index (χ4n) is 2.30. The van der Waals surface area contributed by atoms with E-state index in [-0.39, 0.29) is 0 Å². The zero-order valence-corrected chi connectivity index (χ0v) is 14.2. The van der Waals surface area contributed by atoms with Gasteiger partial charge >= 0.3 is 0 Å². The van der Waals surface area contributed by atoms with E-state index in [2.05, 4.69) is 15.4 Å². The van der Waals surface area contributed by atoms with Crippen molar-refractivity contribution in [1.82, 2.24) is 14.6 Å². The summed E-state index contributed by atoms with van der Waals surface area (Å²) in [4.78, 5) is 5.25. The third-order valence-electron chi connectivity index (χ3n) is 3.40. The number of hydrogen-bond acceptors (Lipinski definition) is 7. The van der Waals surface area contributed by atoms with Crippen molar-refractivity contribution in [2.24, 2.45) is 0 Å². The van der Waals surface area contributed by atoms with Gasteiger partial charge in [-0.05, 0) is 6.92 Å². The van der Waals surface area contributed by atoms with Gasteiger partial charge in [0.2, 0.25) is 10.1 Å². The van der Waals surface area contributed by atoms with Crippen molar-refractivity contribution in [1.29, 1.82) is 0 Å². The lowest BCUT2D eigenvalue weighted by atomic mass is 10.1. The number of ether oxygens (including phenoxy) is 3. The first-order valence-corrected chi connectivity index (χ1v) is 7.81. The van der Waals surface area contributed by atoms with Gasteiger partial charge in [0.05, 0.1) is 38.8 Å². The van der Waals surface area contributed by atoms with Crippen molar-refractivity contribution >= 4 is 21.4 Å². The van der Waals surface area contributed by atoms with E-state index in [0.717, 1.165) is 21.3 Å². The molecule has 0 radical (unpaired) electrons. The molecular formula is C15H18N4O3S. The molecule has 0 saturated carbocycles. The number of rotatable bonds is 6. The van der Waals surface area contributed by atoms with Crippen molar-refractivity contribution in [2.45, 2.75) is 13.5 Å². The second kappa shape index (κ2) is 6.33. The Balaban J connectivity index is 1.84. The van der Waals surface area contributed by atoms with E-state index in [0.29, 0.717) is 23.8 Å². The highest BCUT2D eigenvalue weighted by Gasteiger charge is 2.14. The van der Waals surface area contributed by atoms with E-state index in [1.807, 2.05) is 25.3 Å². The molecule has 0 aliphatic rings. The maximum Gasteiger partial charge on any atom is 0.214 e. The molecule has 1 aromatic carbocycles. The SMILES string of the molecule is COc1cc(OC)c(CNc2nn3cc(C)nc3s2)c(OC)c1. The Morgan fingerprint density at radius 1 is 1.13 bits per heavy atom. The lowest BCUT2D eigenvalue weighted by molar-refractivity contribution is 0.369. The molecule has 0 spiro atoms. The summed E-state index contributed by atoms with van der Waals surface area (Å²) in [6.45, 7) is 2.47. The molecule has 3 aromatic rings. The smallest absolute Gasteiger partial charge is 0.214 e. The molecule has 2 aromatic heterocycles. The zero-order chi connectivity index (χ0) is 16.4. The average molecular weight is 334 g/mol. The maximum absolute atomic E-state index is 5.44. The molecule has 0 fully saturated rings. The second-order valence-corrected chi connectivity index (χ2v) is 5.84. The van der Waals surface area contributed by atoms with Gasteiger partial charge in [-0.2, -0.15) is 0 Å². The Kier molecular flexibility index (Phi) is 4.24. The second-order valence-electron chi connectivity index (χ2n) is 4.88. The van der Waals surface area contributed by atoms with Gasteiger partial charge in [-0.15, -0.1) is 5.10 Å². The molecule has 0 amide bonds. The van der Waals surface area contributed by atoms with Crippen LogP contribution >= 0.6 is 11.3 Å². The number of nitrogens with one attached hydrogen (secondary N) is 1. The lowest BCUT2D eigenvalue weighted by Crippen LogP contribution is -2.05. The van der Waals surface area contributed by atoms with Gasteiger partial charge in [0.1, 0.15) is 17.2 Å². The van der Waals surface area contributed by atoms with E-state index in [1.54, 1.807) is 25.8 Å². The molecule has 122 valence electrons. The van der Waals surface area contributed by atoms with Gasteiger partial charge in [-0.25, -0.2) is 9.50 Å². The van der Waals surface area contributed by atoms with Crippen LogP contribution in [-0.2, 0) is 6.54 Å². The monoisotopic (exact) mass is 334 g/mol. The van der Waals surface area contributed by atoms with E-state index >= 15 is 0 Å². The number of aryl methyl sites for hydroxylation is 1. The van der Waals surface area contributed by atoms with E-state index in [4.69, 9.17) is 14.2 Å². The molecule has 2 heterocycles. The van der Waals surface area contributed by atoms with Gasteiger partial charge in [-0.3, -0.25) is 0 Å². The van der Waals surface area contributed by atoms with Gasteiger partial charge in [-0.1, -0.05) is 11.3 Å². The number of aromatic nitrogens is 3. The van der Waals surface area contributed by atoms with Crippen LogP contribution in [0.5, 0.6) is 17.2 Å². The van der Waals surface area contributed by atoms with E-state index in [1.165, 1.54) is 11.3 Å². The normalized spacial score (nSPS) is 10.8. The van der Waals surface area contributed by atoms with Crippen LogP contribution < -0.4 is 19.5 Å². The van der Waals surface area contributed by atoms with Crippen LogP contribution in [0.25, 0.3) is 4.96 Å². The average Bonchev–Trinajstić information content (AvgIpc) is 3.08. The maximum atomic E-state index is 5.44. The minimum Gasteiger partial charge on any atom is -0.496 e. The fourth-order valence-corrected chi connectivity index (χ4v) is 3.12. The molecule has 8 heteroatoms. The van der Waals surface area contributed by atoms with Crippen molar-refractivity contribution in [3.8, 4) is 17.2 Å². The zero-order valence-electron chi connectivity index (χ0n) is 13.4. The van der Waals surface area contributed by atoms with Crippen LogP contribution in [0, 0.1) is 6.92 Å². The Labute approximate surface area is 137 Å². The van der Waals surface area contributed by atoms with Crippen molar-refractivity contribution < 1.29 is 14.2 Å². The Hall–Kier alpha value is -2.48. The summed E-state index contributed by atoms with van der Waals surface area (Å²) in [7, 11) is 4.86. The highest BCUT2D eigenvalue weighted by atomic mass is 32.1. The summed E-state index contributed by atoms with van der Waals surface area (Å²) in [6.07, 6.45) is 1.89. The number of nitrogens with zero attached hydrogens (tertiary/aromatic N) is 3. The molecular weight excluding hydrogens is 316 g/mol. The molecule has 0 aliphatic heterocycles. The standard InChI is InChI=1S/C15H18N4O3S/c1-9-8-19-15(17-9)23-14(18-19)16-7-11-12(21-3)5-10(20-2)6-13(11)22-4/h5-6,8H,7H2,1-4H3,(H,16,18). The van der Waals surface area contributed by atoms with Crippen molar-refractivity contribution in [2.75, 3.05) is 26.6 Å². The fraction of sp³-hybridized carbons (Fsp3) is 0.333. The van der Waals surface area contributed by atoms with Crippen molar-refractivity contribution in [3.63, 3.8) is 0 Å². The number of hydrogen-bond donors (Lipinski definition) is 1. The number of fused-ring (bicyclic) bond motifs is 1. The summed E-state index contributed by atoms with van der Waals surface area (Å²) in [5, 5.41) is 8.52. The molecule has 0 saturated heterocycles. The van der Waals surface area contributed by atoms with Crippen LogP contribution in [0.2, 0.25) is 0 Å². The van der Waals surface area contributed by atoms with E-state index in [9.17, 15) is 0 Å². The molecule has 7 nitrogen and oxygen atoms in total. The summed E-state index contributed by atoms with van der Waals surface area (Å²) in [5.74, 6) is 2.09. The quantitative estimate of drug-likeness (QED) is 0.747. The number of methoxy groups -OCH3 is 3. The van der Waals surface area contributed by atoms with Crippen LogP contribution in [0.3, 0.4) is 0 Å². The van der Waals surface area contributed by atoms with Gasteiger partial charge < -0.3 is 19.5 Å². The number of benzene rings is 1. The molecule has 0 unspecified atom stereocenters. The van der Waals surface area contributed by atoms with Crippen LogP contribution in [0.1, 0.15) is 11.3 Å². The molecule has 0 bridgehead atoms. The first-order valence-electron chi connectivity index (χ1n) is 7.00. The molecule has 0 atom stereocenters. The van der Waals surface area contributed by atoms with Gasteiger partial charge in [0, 0.05) is 18.7 Å². The van der Waals surface area contributed by atoms with Crippen LogP contribution in [0.15, 0.2) is 18.3 Å². The van der Waals surface area contributed by atoms with Crippen molar-refractivity contribution in [3.05, 3.63) is 29.6 Å². The largest absolute Gasteiger partial charge is 0.496 e. The Bertz CT molecular complexity index is 771. The predicted octanol–water partition coefficient (Wildman–Crippen LogP) is 2.74. The highest BCUT2D eigenvalue weighted by molar-refractivity contribution is 7.20. The molecule has 3 rings (SSSR count). The summed E-state index contributed by atoms with van der Waals surface area (Å²) in [5.41, 5.74) is 1.86. The number of anilines is 1. The summed E-state index contributed by atoms with van der Waals surface area (Å²) >= 11 is 1.50. The minimum atomic E-state index is 0.520. The van der Waals surface area contributed by atoms with E-state index < -0.39 is 0 Å². The third-order valence-corrected chi connectivity index (χ3v) is 4.28. The third kappa shape index (κ3) is 3.02.